The summed E-state index contributed by atoms with van der Waals surface area (Å²) in [4.78, 5) is 0. The lowest BCUT2D eigenvalue weighted by atomic mass is 9.86. The number of nitrogens with zero attached hydrogens (tertiary/aromatic N) is 1. The molecule has 0 bridgehead atoms. The Kier molecular flexibility index (Phi) is 0.890. The highest BCUT2D eigenvalue weighted by Crippen LogP contribution is 2.24. The van der Waals surface area contributed by atoms with E-state index in [-0.39, 0.29) is 0 Å². The second-order valence-corrected chi connectivity index (χ2v) is 2.99. The first-order valence-corrected chi connectivity index (χ1v) is 2.82. The van der Waals surface area contributed by atoms with E-state index in [1.54, 1.807) is 0 Å². The molecule has 0 saturated carbocycles. The molecule has 1 atom stereocenters. The predicted molar refractivity (Wildman–Crippen MR) is 30.3 cm³/mol. The molecule has 1 unspecified atom stereocenters. The standard InChI is InChI=1S/C6H12N/c1-5-4-6(2,3)7-5/h5H,4H2,1-3H3. The summed E-state index contributed by atoms with van der Waals surface area (Å²) in [6, 6.07) is 0.634. The minimum absolute atomic E-state index is 0.319. The van der Waals surface area contributed by atoms with Crippen LogP contribution in [0.2, 0.25) is 0 Å². The smallest absolute Gasteiger partial charge is 0.0319 e. The highest BCUT2D eigenvalue weighted by atomic mass is 15.1. The Hall–Kier alpha value is -0.0400. The van der Waals surface area contributed by atoms with Crippen LogP contribution in [0.25, 0.3) is 0 Å². The lowest BCUT2D eigenvalue weighted by Gasteiger charge is -2.40. The molecule has 1 rings (SSSR count). The van der Waals surface area contributed by atoms with Crippen molar-refractivity contribution >= 4 is 0 Å². The van der Waals surface area contributed by atoms with Gasteiger partial charge in [-0.05, 0) is 27.2 Å². The SMILES string of the molecule is CC1CC(C)(C)[N]1. The molecule has 1 aliphatic rings. The molecule has 0 N–H and O–H groups in total. The van der Waals surface area contributed by atoms with Crippen LogP contribution in [0.5, 0.6) is 0 Å². The second-order valence-electron chi connectivity index (χ2n) is 2.99. The summed E-state index contributed by atoms with van der Waals surface area (Å²) in [5.41, 5.74) is 0.319. The maximum atomic E-state index is 4.35. The first kappa shape index (κ1) is 5.10. The largest absolute Gasteiger partial charge is 0.233 e. The van der Waals surface area contributed by atoms with E-state index in [4.69, 9.17) is 0 Å². The van der Waals surface area contributed by atoms with E-state index in [2.05, 4.69) is 26.1 Å². The topological polar surface area (TPSA) is 14.1 Å². The van der Waals surface area contributed by atoms with Gasteiger partial charge in [-0.1, -0.05) is 0 Å². The molecule has 0 spiro atoms. The minimum Gasteiger partial charge on any atom is -0.233 e. The zero-order chi connectivity index (χ0) is 5.49. The third-order valence-corrected chi connectivity index (χ3v) is 1.36. The molecule has 0 aromatic carbocycles. The Morgan fingerprint density at radius 2 is 2.00 bits per heavy atom. The number of hydrogen-bond acceptors (Lipinski definition) is 0. The Labute approximate surface area is 45.1 Å². The lowest BCUT2D eigenvalue weighted by Crippen LogP contribution is -2.52. The third-order valence-electron chi connectivity index (χ3n) is 1.36. The summed E-state index contributed by atoms with van der Waals surface area (Å²) < 4.78 is 0. The summed E-state index contributed by atoms with van der Waals surface area (Å²) in [5.74, 6) is 0. The fourth-order valence-electron chi connectivity index (χ4n) is 1.31. The molecule has 0 aliphatic carbocycles. The van der Waals surface area contributed by atoms with Crippen LogP contribution < -0.4 is 5.32 Å². The fraction of sp³-hybridized carbons (Fsp3) is 1.00. The van der Waals surface area contributed by atoms with Gasteiger partial charge in [-0.15, -0.1) is 0 Å². The first-order chi connectivity index (χ1) is 3.10. The van der Waals surface area contributed by atoms with Crippen LogP contribution in [0.1, 0.15) is 27.2 Å². The highest BCUT2D eigenvalue weighted by Gasteiger charge is 2.33. The minimum atomic E-state index is 0.319. The van der Waals surface area contributed by atoms with Crippen LogP contribution >= 0.6 is 0 Å². The van der Waals surface area contributed by atoms with Crippen LogP contribution in [-0.2, 0) is 0 Å². The van der Waals surface area contributed by atoms with E-state index in [9.17, 15) is 0 Å². The molecule has 1 fully saturated rings. The summed E-state index contributed by atoms with van der Waals surface area (Å²) in [7, 11) is 0. The normalized spacial score (nSPS) is 37.3. The van der Waals surface area contributed by atoms with Crippen molar-refractivity contribution in [1.82, 2.24) is 5.32 Å². The predicted octanol–water partition coefficient (Wildman–Crippen LogP) is 1.16. The molecule has 1 radical (unpaired) electrons. The van der Waals surface area contributed by atoms with Crippen LogP contribution in [0.3, 0.4) is 0 Å². The molecule has 1 aliphatic heterocycles. The van der Waals surface area contributed by atoms with Gasteiger partial charge in [0, 0.05) is 11.6 Å². The van der Waals surface area contributed by atoms with Crippen LogP contribution in [0.15, 0.2) is 0 Å². The Bertz CT molecular complexity index is 68.2. The van der Waals surface area contributed by atoms with Gasteiger partial charge < -0.3 is 0 Å². The van der Waals surface area contributed by atoms with Crippen LogP contribution in [0.4, 0.5) is 0 Å². The molecule has 1 saturated heterocycles. The van der Waals surface area contributed by atoms with E-state index < -0.39 is 0 Å². The molecule has 0 aromatic rings. The van der Waals surface area contributed by atoms with Crippen molar-refractivity contribution < 1.29 is 0 Å². The zero-order valence-electron chi connectivity index (χ0n) is 5.23. The molecule has 7 heavy (non-hydrogen) atoms. The summed E-state index contributed by atoms with van der Waals surface area (Å²) in [6.45, 7) is 6.51. The Morgan fingerprint density at radius 3 is 2.00 bits per heavy atom. The van der Waals surface area contributed by atoms with E-state index in [0.29, 0.717) is 11.6 Å². The van der Waals surface area contributed by atoms with E-state index in [1.165, 1.54) is 6.42 Å². The highest BCUT2D eigenvalue weighted by molar-refractivity contribution is 4.93. The van der Waals surface area contributed by atoms with Gasteiger partial charge >= 0.3 is 0 Å². The molecule has 1 heterocycles. The van der Waals surface area contributed by atoms with E-state index in [1.807, 2.05) is 0 Å². The summed E-state index contributed by atoms with van der Waals surface area (Å²) in [6.07, 6.45) is 1.27. The quantitative estimate of drug-likeness (QED) is 0.431. The lowest BCUT2D eigenvalue weighted by molar-refractivity contribution is 0.180. The van der Waals surface area contributed by atoms with Crippen molar-refractivity contribution in [2.75, 3.05) is 0 Å². The second kappa shape index (κ2) is 1.22. The molecular formula is C6H12N. The maximum absolute atomic E-state index is 4.35. The van der Waals surface area contributed by atoms with Gasteiger partial charge in [0.05, 0.1) is 0 Å². The van der Waals surface area contributed by atoms with E-state index in [0.717, 1.165) is 0 Å². The van der Waals surface area contributed by atoms with Gasteiger partial charge in [0.15, 0.2) is 0 Å². The summed E-state index contributed by atoms with van der Waals surface area (Å²) >= 11 is 0. The Balaban J connectivity index is 2.29. The van der Waals surface area contributed by atoms with Crippen LogP contribution in [-0.4, -0.2) is 11.6 Å². The van der Waals surface area contributed by atoms with Crippen molar-refractivity contribution in [3.63, 3.8) is 0 Å². The molecule has 1 heteroatoms. The van der Waals surface area contributed by atoms with Crippen molar-refractivity contribution in [3.8, 4) is 0 Å². The van der Waals surface area contributed by atoms with Gasteiger partial charge in [0.2, 0.25) is 0 Å². The molecule has 1 nitrogen and oxygen atoms in total. The van der Waals surface area contributed by atoms with Gasteiger partial charge in [-0.2, -0.15) is 0 Å². The monoisotopic (exact) mass is 98.1 g/mol. The van der Waals surface area contributed by atoms with Gasteiger partial charge in [0.25, 0.3) is 0 Å². The summed E-state index contributed by atoms with van der Waals surface area (Å²) in [5, 5.41) is 4.35. The molecule has 0 aromatic heterocycles. The fourth-order valence-corrected chi connectivity index (χ4v) is 1.31. The van der Waals surface area contributed by atoms with E-state index >= 15 is 0 Å². The third kappa shape index (κ3) is 0.942. The maximum Gasteiger partial charge on any atom is 0.0319 e. The molecule has 41 valence electrons. The Morgan fingerprint density at radius 1 is 1.57 bits per heavy atom. The number of hydrogen-bond donors (Lipinski definition) is 0. The first-order valence-electron chi connectivity index (χ1n) is 2.82. The molecular weight excluding hydrogens is 86.1 g/mol. The van der Waals surface area contributed by atoms with Crippen molar-refractivity contribution in [1.29, 1.82) is 0 Å². The average molecular weight is 98.2 g/mol. The number of rotatable bonds is 0. The van der Waals surface area contributed by atoms with Gasteiger partial charge in [-0.25, -0.2) is 5.32 Å². The van der Waals surface area contributed by atoms with Gasteiger partial charge in [0.1, 0.15) is 0 Å². The van der Waals surface area contributed by atoms with Gasteiger partial charge in [-0.3, -0.25) is 0 Å². The zero-order valence-corrected chi connectivity index (χ0v) is 5.23. The van der Waals surface area contributed by atoms with Crippen molar-refractivity contribution in [2.24, 2.45) is 0 Å². The van der Waals surface area contributed by atoms with Crippen molar-refractivity contribution in [3.05, 3.63) is 0 Å². The molecule has 0 amide bonds. The average Bonchev–Trinajstić information content (AvgIpc) is 1.27. The van der Waals surface area contributed by atoms with Crippen LogP contribution in [0, 0.1) is 0 Å². The van der Waals surface area contributed by atoms with Crippen molar-refractivity contribution in [2.45, 2.75) is 38.8 Å².